The zero-order chi connectivity index (χ0) is 16.3. The number of nitrogens with zero attached hydrogens (tertiary/aromatic N) is 2. The first-order valence-corrected chi connectivity index (χ1v) is 6.45. The Labute approximate surface area is 125 Å². The highest BCUT2D eigenvalue weighted by molar-refractivity contribution is 5.89. The van der Waals surface area contributed by atoms with E-state index in [4.69, 9.17) is 0 Å². The lowest BCUT2D eigenvalue weighted by molar-refractivity contribution is -0.385. The first kappa shape index (κ1) is 15.4. The average Bonchev–Trinajstić information content (AvgIpc) is 2.49. The number of ether oxygens (including phenoxy) is 1. The number of pyridine rings is 1. The van der Waals surface area contributed by atoms with E-state index >= 15 is 0 Å². The Kier molecular flexibility index (Phi) is 4.36. The van der Waals surface area contributed by atoms with E-state index in [0.29, 0.717) is 11.1 Å². The molecule has 0 unspecified atom stereocenters. The summed E-state index contributed by atoms with van der Waals surface area (Å²) in [7, 11) is 1.29. The lowest BCUT2D eigenvalue weighted by atomic mass is 10.1. The smallest absolute Gasteiger partial charge is 0.337 e. The number of carbonyl (C=O) groups excluding carboxylic acids is 1. The fourth-order valence-corrected chi connectivity index (χ4v) is 2.03. The van der Waals surface area contributed by atoms with Crippen molar-refractivity contribution >= 4 is 11.7 Å². The molecule has 7 nitrogen and oxygen atoms in total. The second-order valence-corrected chi connectivity index (χ2v) is 4.75. The van der Waals surface area contributed by atoms with E-state index < -0.39 is 10.9 Å². The number of hydrogen-bond acceptors (Lipinski definition) is 5. The Morgan fingerprint density at radius 2 is 1.95 bits per heavy atom. The topological polar surface area (TPSA) is 91.4 Å². The van der Waals surface area contributed by atoms with E-state index in [-0.39, 0.29) is 17.8 Å². The van der Waals surface area contributed by atoms with E-state index in [1.807, 2.05) is 0 Å². The van der Waals surface area contributed by atoms with Crippen LogP contribution in [-0.4, -0.2) is 22.6 Å². The van der Waals surface area contributed by atoms with Crippen LogP contribution < -0.4 is 5.56 Å². The summed E-state index contributed by atoms with van der Waals surface area (Å²) < 4.78 is 5.86. The molecule has 22 heavy (non-hydrogen) atoms. The molecule has 2 rings (SSSR count). The van der Waals surface area contributed by atoms with Crippen molar-refractivity contribution in [1.82, 2.24) is 4.57 Å². The van der Waals surface area contributed by atoms with Crippen molar-refractivity contribution < 1.29 is 14.5 Å². The molecule has 0 spiro atoms. The Morgan fingerprint density at radius 1 is 1.32 bits per heavy atom. The molecule has 0 saturated heterocycles. The van der Waals surface area contributed by atoms with E-state index in [2.05, 4.69) is 4.74 Å². The molecule has 0 radical (unpaired) electrons. The molecule has 0 amide bonds. The minimum absolute atomic E-state index is 0.106. The van der Waals surface area contributed by atoms with Crippen molar-refractivity contribution in [2.45, 2.75) is 13.5 Å². The fourth-order valence-electron chi connectivity index (χ4n) is 2.03. The monoisotopic (exact) mass is 302 g/mol. The van der Waals surface area contributed by atoms with Crippen molar-refractivity contribution in [2.75, 3.05) is 7.11 Å². The third kappa shape index (κ3) is 3.20. The maximum absolute atomic E-state index is 11.9. The molecule has 0 atom stereocenters. The third-order valence-electron chi connectivity index (χ3n) is 3.23. The molecule has 1 aromatic heterocycles. The van der Waals surface area contributed by atoms with Crippen LogP contribution in [0.1, 0.15) is 21.5 Å². The number of esters is 1. The van der Waals surface area contributed by atoms with Crippen molar-refractivity contribution in [3.63, 3.8) is 0 Å². The minimum atomic E-state index is -0.522. The van der Waals surface area contributed by atoms with Gasteiger partial charge in [0.25, 0.3) is 11.2 Å². The molecule has 114 valence electrons. The summed E-state index contributed by atoms with van der Waals surface area (Å²) in [6.07, 6.45) is 1.23. The maximum Gasteiger partial charge on any atom is 0.337 e. The van der Waals surface area contributed by atoms with Gasteiger partial charge in [0.1, 0.15) is 0 Å². The zero-order valence-corrected chi connectivity index (χ0v) is 12.1. The van der Waals surface area contributed by atoms with Gasteiger partial charge in [0, 0.05) is 11.6 Å². The Bertz CT molecular complexity index is 778. The standard InChI is InChI=1S/C15H14N2O5/c1-10-7-14(18)16(9-13(10)17(20)21)8-11-3-5-12(6-4-11)15(19)22-2/h3-7,9H,8H2,1-2H3. The SMILES string of the molecule is COC(=O)c1ccc(Cn2cc([N+](=O)[O-])c(C)cc2=O)cc1. The van der Waals surface area contributed by atoms with Crippen LogP contribution in [0.25, 0.3) is 0 Å². The summed E-state index contributed by atoms with van der Waals surface area (Å²) in [6.45, 7) is 1.70. The summed E-state index contributed by atoms with van der Waals surface area (Å²) in [6, 6.07) is 7.74. The van der Waals surface area contributed by atoms with Crippen molar-refractivity contribution in [2.24, 2.45) is 0 Å². The van der Waals surface area contributed by atoms with Crippen molar-refractivity contribution in [1.29, 1.82) is 0 Å². The van der Waals surface area contributed by atoms with Gasteiger partial charge < -0.3 is 9.30 Å². The third-order valence-corrected chi connectivity index (χ3v) is 3.23. The number of carbonyl (C=O) groups is 1. The normalized spacial score (nSPS) is 10.3. The Hall–Kier alpha value is -2.96. The summed E-state index contributed by atoms with van der Waals surface area (Å²) in [5.41, 5.74) is 1.04. The lowest BCUT2D eigenvalue weighted by Gasteiger charge is -2.07. The highest BCUT2D eigenvalue weighted by atomic mass is 16.6. The molecule has 0 aliphatic carbocycles. The molecular formula is C15H14N2O5. The first-order chi connectivity index (χ1) is 10.4. The minimum Gasteiger partial charge on any atom is -0.465 e. The van der Waals surface area contributed by atoms with Gasteiger partial charge in [-0.15, -0.1) is 0 Å². The number of aromatic nitrogens is 1. The predicted molar refractivity (Wildman–Crippen MR) is 79.0 cm³/mol. The summed E-state index contributed by atoms with van der Waals surface area (Å²) in [5.74, 6) is -0.449. The van der Waals surface area contributed by atoms with Crippen LogP contribution >= 0.6 is 0 Å². The maximum atomic E-state index is 11.9. The number of methoxy groups -OCH3 is 1. The van der Waals surface area contributed by atoms with E-state index in [1.54, 1.807) is 24.3 Å². The number of nitro groups is 1. The van der Waals surface area contributed by atoms with Crippen LogP contribution in [0, 0.1) is 17.0 Å². The summed E-state index contributed by atoms with van der Waals surface area (Å²) >= 11 is 0. The van der Waals surface area contributed by atoms with E-state index in [0.717, 1.165) is 5.56 Å². The summed E-state index contributed by atoms with van der Waals surface area (Å²) in [4.78, 5) is 33.7. The van der Waals surface area contributed by atoms with Gasteiger partial charge in [-0.25, -0.2) is 4.79 Å². The van der Waals surface area contributed by atoms with Crippen LogP contribution in [0.5, 0.6) is 0 Å². The van der Waals surface area contributed by atoms with Crippen LogP contribution in [0.15, 0.2) is 41.3 Å². The number of rotatable bonds is 4. The number of benzene rings is 1. The first-order valence-electron chi connectivity index (χ1n) is 6.45. The molecule has 0 bridgehead atoms. The molecule has 1 aromatic carbocycles. The molecule has 0 N–H and O–H groups in total. The molecule has 0 aliphatic heterocycles. The van der Waals surface area contributed by atoms with Gasteiger partial charge in [0.15, 0.2) is 0 Å². The highest BCUT2D eigenvalue weighted by Gasteiger charge is 2.13. The second-order valence-electron chi connectivity index (χ2n) is 4.75. The van der Waals surface area contributed by atoms with Gasteiger partial charge in [0.05, 0.1) is 30.3 Å². The van der Waals surface area contributed by atoms with Crippen LogP contribution in [0.4, 0.5) is 5.69 Å². The van der Waals surface area contributed by atoms with E-state index in [1.165, 1.54) is 30.9 Å². The molecule has 7 heteroatoms. The van der Waals surface area contributed by atoms with Gasteiger partial charge in [0.2, 0.25) is 0 Å². The zero-order valence-electron chi connectivity index (χ0n) is 12.1. The Balaban J connectivity index is 2.31. The molecular weight excluding hydrogens is 288 g/mol. The molecule has 0 aliphatic rings. The predicted octanol–water partition coefficient (Wildman–Crippen LogP) is 1.90. The van der Waals surface area contributed by atoms with Crippen LogP contribution in [0.3, 0.4) is 0 Å². The molecule has 2 aromatic rings. The summed E-state index contributed by atoms with van der Waals surface area (Å²) in [5, 5.41) is 10.9. The lowest BCUT2D eigenvalue weighted by Crippen LogP contribution is -2.20. The van der Waals surface area contributed by atoms with Gasteiger partial charge in [-0.05, 0) is 24.6 Å². The fraction of sp³-hybridized carbons (Fsp3) is 0.200. The van der Waals surface area contributed by atoms with Crippen LogP contribution in [-0.2, 0) is 11.3 Å². The van der Waals surface area contributed by atoms with Gasteiger partial charge in [-0.1, -0.05) is 12.1 Å². The molecule has 1 heterocycles. The quantitative estimate of drug-likeness (QED) is 0.488. The van der Waals surface area contributed by atoms with Gasteiger partial charge in [-0.2, -0.15) is 0 Å². The van der Waals surface area contributed by atoms with E-state index in [9.17, 15) is 19.7 Å². The van der Waals surface area contributed by atoms with Gasteiger partial charge in [-0.3, -0.25) is 14.9 Å². The average molecular weight is 302 g/mol. The largest absolute Gasteiger partial charge is 0.465 e. The van der Waals surface area contributed by atoms with Crippen LogP contribution in [0.2, 0.25) is 0 Å². The van der Waals surface area contributed by atoms with Crippen molar-refractivity contribution in [3.05, 3.63) is 73.7 Å². The van der Waals surface area contributed by atoms with Gasteiger partial charge >= 0.3 is 5.97 Å². The number of hydrogen-bond donors (Lipinski definition) is 0. The second kappa shape index (κ2) is 6.21. The number of aryl methyl sites for hydroxylation is 1. The van der Waals surface area contributed by atoms with Crippen molar-refractivity contribution in [3.8, 4) is 0 Å². The Morgan fingerprint density at radius 3 is 2.50 bits per heavy atom. The molecule has 0 saturated carbocycles. The molecule has 0 fully saturated rings. The highest BCUT2D eigenvalue weighted by Crippen LogP contribution is 2.15.